The van der Waals surface area contributed by atoms with E-state index in [0.29, 0.717) is 0 Å². The molecule has 1 unspecified atom stereocenters. The second-order valence-electron chi connectivity index (χ2n) is 4.79. The van der Waals surface area contributed by atoms with Gasteiger partial charge in [-0.1, -0.05) is 30.3 Å². The maximum Gasteiger partial charge on any atom is 0.0233 e. The third kappa shape index (κ3) is 4.66. The van der Waals surface area contributed by atoms with Crippen molar-refractivity contribution in [1.29, 1.82) is 0 Å². The molecular formula is C14H23ClN2. The number of hydrogen-bond acceptors (Lipinski definition) is 2. The lowest BCUT2D eigenvalue weighted by Gasteiger charge is -2.20. The molecule has 17 heavy (non-hydrogen) atoms. The quantitative estimate of drug-likeness (QED) is 0.899. The molecule has 0 spiro atoms. The fourth-order valence-electron chi connectivity index (χ4n) is 2.46. The van der Waals surface area contributed by atoms with Crippen LogP contribution in [0, 0.1) is 5.92 Å². The molecule has 2 rings (SSSR count). The topological polar surface area (TPSA) is 29.3 Å². The molecule has 1 aliphatic rings. The molecule has 0 radical (unpaired) electrons. The first kappa shape index (κ1) is 14.5. The SMILES string of the molecule is Cl.NCC1CCCN(Cc2ccccc2)CC1. The Balaban J connectivity index is 0.00000144. The third-order valence-corrected chi connectivity index (χ3v) is 3.52. The van der Waals surface area contributed by atoms with E-state index in [2.05, 4.69) is 35.2 Å². The number of nitrogens with two attached hydrogens (primary N) is 1. The van der Waals surface area contributed by atoms with Gasteiger partial charge in [0.1, 0.15) is 0 Å². The Morgan fingerprint density at radius 3 is 2.59 bits per heavy atom. The molecule has 0 amide bonds. The summed E-state index contributed by atoms with van der Waals surface area (Å²) in [6.45, 7) is 4.39. The summed E-state index contributed by atoms with van der Waals surface area (Å²) in [5, 5.41) is 0. The van der Waals surface area contributed by atoms with Crippen molar-refractivity contribution < 1.29 is 0 Å². The van der Waals surface area contributed by atoms with E-state index in [1.165, 1.54) is 37.9 Å². The molecule has 0 saturated carbocycles. The lowest BCUT2D eigenvalue weighted by molar-refractivity contribution is 0.273. The van der Waals surface area contributed by atoms with E-state index in [-0.39, 0.29) is 12.4 Å². The highest BCUT2D eigenvalue weighted by molar-refractivity contribution is 5.85. The normalized spacial score (nSPS) is 21.6. The smallest absolute Gasteiger partial charge is 0.0233 e. The number of benzene rings is 1. The van der Waals surface area contributed by atoms with Crippen LogP contribution in [-0.2, 0) is 6.54 Å². The van der Waals surface area contributed by atoms with E-state index in [9.17, 15) is 0 Å². The maximum absolute atomic E-state index is 5.75. The Morgan fingerprint density at radius 1 is 1.12 bits per heavy atom. The van der Waals surface area contributed by atoms with Crippen molar-refractivity contribution in [2.75, 3.05) is 19.6 Å². The predicted octanol–water partition coefficient (Wildman–Crippen LogP) is 2.67. The Bertz CT molecular complexity index is 302. The summed E-state index contributed by atoms with van der Waals surface area (Å²) in [5.41, 5.74) is 7.18. The van der Waals surface area contributed by atoms with Gasteiger partial charge in [0, 0.05) is 6.54 Å². The maximum atomic E-state index is 5.75. The van der Waals surface area contributed by atoms with Crippen LogP contribution in [0.2, 0.25) is 0 Å². The van der Waals surface area contributed by atoms with Gasteiger partial charge < -0.3 is 5.73 Å². The molecule has 0 bridgehead atoms. The number of rotatable bonds is 3. The van der Waals surface area contributed by atoms with Gasteiger partial charge in [-0.05, 0) is 50.4 Å². The van der Waals surface area contributed by atoms with Crippen molar-refractivity contribution in [2.24, 2.45) is 11.7 Å². The summed E-state index contributed by atoms with van der Waals surface area (Å²) in [7, 11) is 0. The second-order valence-corrected chi connectivity index (χ2v) is 4.79. The lowest BCUT2D eigenvalue weighted by Crippen LogP contribution is -2.24. The van der Waals surface area contributed by atoms with Crippen LogP contribution in [-0.4, -0.2) is 24.5 Å². The molecule has 2 N–H and O–H groups in total. The Labute approximate surface area is 111 Å². The highest BCUT2D eigenvalue weighted by atomic mass is 35.5. The summed E-state index contributed by atoms with van der Waals surface area (Å²) < 4.78 is 0. The van der Waals surface area contributed by atoms with Gasteiger partial charge in [0.15, 0.2) is 0 Å². The Morgan fingerprint density at radius 2 is 1.88 bits per heavy atom. The third-order valence-electron chi connectivity index (χ3n) is 3.52. The number of halogens is 1. The van der Waals surface area contributed by atoms with Gasteiger partial charge in [-0.15, -0.1) is 12.4 Å². The lowest BCUT2D eigenvalue weighted by atomic mass is 10.0. The number of likely N-dealkylation sites (tertiary alicyclic amines) is 1. The van der Waals surface area contributed by atoms with Crippen LogP contribution in [0.3, 0.4) is 0 Å². The van der Waals surface area contributed by atoms with E-state index in [1.54, 1.807) is 0 Å². The number of hydrogen-bond donors (Lipinski definition) is 1. The van der Waals surface area contributed by atoms with Crippen molar-refractivity contribution in [3.8, 4) is 0 Å². The molecule has 1 atom stereocenters. The minimum atomic E-state index is 0. The van der Waals surface area contributed by atoms with Crippen LogP contribution in [0.15, 0.2) is 30.3 Å². The summed E-state index contributed by atoms with van der Waals surface area (Å²) in [6.07, 6.45) is 3.87. The fourth-order valence-corrected chi connectivity index (χ4v) is 2.46. The van der Waals surface area contributed by atoms with Crippen LogP contribution >= 0.6 is 12.4 Å². The van der Waals surface area contributed by atoms with Gasteiger partial charge in [0.2, 0.25) is 0 Å². The summed E-state index contributed by atoms with van der Waals surface area (Å²) in [4.78, 5) is 2.56. The van der Waals surface area contributed by atoms with Crippen LogP contribution in [0.25, 0.3) is 0 Å². The standard InChI is InChI=1S/C14H22N2.ClH/c15-11-13-7-4-9-16(10-8-13)12-14-5-2-1-3-6-14;/h1-3,5-6,13H,4,7-12,15H2;1H. The zero-order valence-corrected chi connectivity index (χ0v) is 11.2. The first-order chi connectivity index (χ1) is 7.88. The van der Waals surface area contributed by atoms with E-state index in [4.69, 9.17) is 5.73 Å². The largest absolute Gasteiger partial charge is 0.330 e. The van der Waals surface area contributed by atoms with Gasteiger partial charge in [-0.25, -0.2) is 0 Å². The van der Waals surface area contributed by atoms with Gasteiger partial charge in [0.25, 0.3) is 0 Å². The van der Waals surface area contributed by atoms with Gasteiger partial charge in [-0.2, -0.15) is 0 Å². The summed E-state index contributed by atoms with van der Waals surface area (Å²) in [6, 6.07) is 10.7. The van der Waals surface area contributed by atoms with Crippen molar-refractivity contribution >= 4 is 12.4 Å². The summed E-state index contributed by atoms with van der Waals surface area (Å²) in [5.74, 6) is 0.751. The molecule has 3 heteroatoms. The van der Waals surface area contributed by atoms with Crippen molar-refractivity contribution in [3.63, 3.8) is 0 Å². The predicted molar refractivity (Wildman–Crippen MR) is 75.4 cm³/mol. The van der Waals surface area contributed by atoms with Crippen LogP contribution in [0.4, 0.5) is 0 Å². The molecule has 1 saturated heterocycles. The van der Waals surface area contributed by atoms with E-state index >= 15 is 0 Å². The average Bonchev–Trinajstić information content (AvgIpc) is 2.56. The van der Waals surface area contributed by atoms with Crippen molar-refractivity contribution in [2.45, 2.75) is 25.8 Å². The first-order valence-electron chi connectivity index (χ1n) is 6.35. The molecule has 0 aromatic heterocycles. The molecular weight excluding hydrogens is 232 g/mol. The zero-order chi connectivity index (χ0) is 11.2. The second kappa shape index (κ2) is 7.70. The van der Waals surface area contributed by atoms with E-state index in [0.717, 1.165) is 19.0 Å². The van der Waals surface area contributed by atoms with Gasteiger partial charge in [0.05, 0.1) is 0 Å². The van der Waals surface area contributed by atoms with Crippen LogP contribution in [0.1, 0.15) is 24.8 Å². The van der Waals surface area contributed by atoms with E-state index in [1.807, 2.05) is 0 Å². The Kier molecular flexibility index (Phi) is 6.56. The monoisotopic (exact) mass is 254 g/mol. The Hall–Kier alpha value is -0.570. The first-order valence-corrected chi connectivity index (χ1v) is 6.35. The van der Waals surface area contributed by atoms with Crippen molar-refractivity contribution in [3.05, 3.63) is 35.9 Å². The molecule has 1 aromatic rings. The van der Waals surface area contributed by atoms with Gasteiger partial charge >= 0.3 is 0 Å². The minimum absolute atomic E-state index is 0. The fraction of sp³-hybridized carbons (Fsp3) is 0.571. The molecule has 1 heterocycles. The van der Waals surface area contributed by atoms with Crippen LogP contribution < -0.4 is 5.73 Å². The molecule has 96 valence electrons. The average molecular weight is 255 g/mol. The highest BCUT2D eigenvalue weighted by Crippen LogP contribution is 2.17. The zero-order valence-electron chi connectivity index (χ0n) is 10.3. The summed E-state index contributed by atoms with van der Waals surface area (Å²) >= 11 is 0. The van der Waals surface area contributed by atoms with Gasteiger partial charge in [-0.3, -0.25) is 4.90 Å². The molecule has 1 fully saturated rings. The molecule has 2 nitrogen and oxygen atoms in total. The number of nitrogens with zero attached hydrogens (tertiary/aromatic N) is 1. The van der Waals surface area contributed by atoms with Crippen molar-refractivity contribution in [1.82, 2.24) is 4.90 Å². The highest BCUT2D eigenvalue weighted by Gasteiger charge is 2.15. The van der Waals surface area contributed by atoms with Crippen LogP contribution in [0.5, 0.6) is 0 Å². The minimum Gasteiger partial charge on any atom is -0.330 e. The molecule has 0 aliphatic carbocycles. The molecule has 1 aromatic carbocycles. The van der Waals surface area contributed by atoms with E-state index < -0.39 is 0 Å². The molecule has 1 aliphatic heterocycles.